The van der Waals surface area contributed by atoms with Crippen molar-refractivity contribution in [3.63, 3.8) is 0 Å². The van der Waals surface area contributed by atoms with Crippen LogP contribution in [0.3, 0.4) is 0 Å². The highest BCUT2D eigenvalue weighted by Crippen LogP contribution is 2.36. The van der Waals surface area contributed by atoms with Crippen molar-refractivity contribution in [3.8, 4) is 0 Å². The van der Waals surface area contributed by atoms with Crippen LogP contribution in [0.4, 0.5) is 0 Å². The average molecular weight is 223 g/mol. The zero-order valence-electron chi connectivity index (χ0n) is 7.10. The summed E-state index contributed by atoms with van der Waals surface area (Å²) in [6, 6.07) is 0. The minimum absolute atomic E-state index is 0.217. The topological polar surface area (TPSA) is 18.5 Å². The Balaban J connectivity index is 2.57. The lowest BCUT2D eigenvalue weighted by Crippen LogP contribution is -2.35. The van der Waals surface area contributed by atoms with Gasteiger partial charge >= 0.3 is 0 Å². The van der Waals surface area contributed by atoms with Crippen molar-refractivity contribution in [1.82, 2.24) is 0 Å². The van der Waals surface area contributed by atoms with Gasteiger partial charge in [-0.2, -0.15) is 0 Å². The monoisotopic (exact) mass is 222 g/mol. The van der Waals surface area contributed by atoms with Gasteiger partial charge in [-0.3, -0.25) is 0 Å². The number of ether oxygens (including phenoxy) is 2. The van der Waals surface area contributed by atoms with Crippen molar-refractivity contribution in [1.29, 1.82) is 0 Å². The van der Waals surface area contributed by atoms with Gasteiger partial charge in [0.1, 0.15) is 0 Å². The van der Waals surface area contributed by atoms with Crippen LogP contribution in [0.15, 0.2) is 0 Å². The molecule has 0 aromatic rings. The first-order chi connectivity index (χ1) is 5.25. The van der Waals surface area contributed by atoms with Crippen LogP contribution in [0.25, 0.3) is 0 Å². The fourth-order valence-corrected chi connectivity index (χ4v) is 2.41. The molecule has 1 saturated heterocycles. The summed E-state index contributed by atoms with van der Waals surface area (Å²) in [6.45, 7) is 3.78. The van der Waals surface area contributed by atoms with Crippen molar-refractivity contribution in [2.24, 2.45) is 5.41 Å². The highest BCUT2D eigenvalue weighted by molar-refractivity contribution is 9.09. The van der Waals surface area contributed by atoms with Crippen LogP contribution in [0.2, 0.25) is 0 Å². The van der Waals surface area contributed by atoms with Crippen LogP contribution in [0, 0.1) is 5.41 Å². The Morgan fingerprint density at radius 2 is 2.45 bits per heavy atom. The summed E-state index contributed by atoms with van der Waals surface area (Å²) in [7, 11) is 1.75. The molecule has 2 nitrogen and oxygen atoms in total. The zero-order valence-corrected chi connectivity index (χ0v) is 8.69. The summed E-state index contributed by atoms with van der Waals surface area (Å²) in [4.78, 5) is 0. The van der Waals surface area contributed by atoms with Crippen molar-refractivity contribution < 1.29 is 9.47 Å². The number of alkyl halides is 1. The van der Waals surface area contributed by atoms with Gasteiger partial charge < -0.3 is 9.47 Å². The van der Waals surface area contributed by atoms with E-state index in [9.17, 15) is 0 Å². The third-order valence-corrected chi connectivity index (χ3v) is 3.64. The second kappa shape index (κ2) is 3.87. The summed E-state index contributed by atoms with van der Waals surface area (Å²) in [5.41, 5.74) is 0.217. The van der Waals surface area contributed by atoms with Gasteiger partial charge in [-0.25, -0.2) is 0 Å². The third-order valence-electron chi connectivity index (χ3n) is 2.53. The van der Waals surface area contributed by atoms with Gasteiger partial charge in [-0.05, 0) is 13.3 Å². The molecule has 0 N–H and O–H groups in total. The van der Waals surface area contributed by atoms with Gasteiger partial charge in [-0.1, -0.05) is 15.9 Å². The van der Waals surface area contributed by atoms with E-state index in [0.717, 1.165) is 25.0 Å². The molecular weight excluding hydrogens is 208 g/mol. The third kappa shape index (κ3) is 1.76. The van der Waals surface area contributed by atoms with E-state index in [1.807, 2.05) is 0 Å². The Morgan fingerprint density at radius 1 is 1.73 bits per heavy atom. The molecular formula is C8H15BrO2. The minimum atomic E-state index is 0.217. The Hall–Kier alpha value is 0.400. The minimum Gasteiger partial charge on any atom is -0.384 e. The largest absolute Gasteiger partial charge is 0.384 e. The Labute approximate surface area is 76.4 Å². The van der Waals surface area contributed by atoms with Gasteiger partial charge in [0.2, 0.25) is 0 Å². The number of methoxy groups -OCH3 is 1. The Kier molecular flexibility index (Phi) is 3.34. The van der Waals surface area contributed by atoms with Gasteiger partial charge in [0.25, 0.3) is 0 Å². The van der Waals surface area contributed by atoms with Crippen molar-refractivity contribution in [3.05, 3.63) is 0 Å². The van der Waals surface area contributed by atoms with E-state index in [0.29, 0.717) is 6.10 Å². The molecule has 0 bridgehead atoms. The molecule has 1 heterocycles. The average Bonchev–Trinajstić information content (AvgIpc) is 2.35. The molecule has 1 fully saturated rings. The first-order valence-corrected chi connectivity index (χ1v) is 5.04. The molecule has 1 rings (SSSR count). The van der Waals surface area contributed by atoms with Gasteiger partial charge in [0.15, 0.2) is 0 Å². The van der Waals surface area contributed by atoms with Crippen LogP contribution in [-0.4, -0.2) is 31.8 Å². The lowest BCUT2D eigenvalue weighted by atomic mass is 9.85. The normalized spacial score (nSPS) is 37.9. The quantitative estimate of drug-likeness (QED) is 0.679. The molecule has 66 valence electrons. The number of rotatable bonds is 3. The van der Waals surface area contributed by atoms with Crippen LogP contribution >= 0.6 is 15.9 Å². The smallest absolute Gasteiger partial charge is 0.0634 e. The van der Waals surface area contributed by atoms with E-state index in [-0.39, 0.29) is 5.41 Å². The maximum Gasteiger partial charge on any atom is 0.0634 e. The highest BCUT2D eigenvalue weighted by Gasteiger charge is 2.40. The van der Waals surface area contributed by atoms with E-state index in [2.05, 4.69) is 22.9 Å². The molecule has 11 heavy (non-hydrogen) atoms. The summed E-state index contributed by atoms with van der Waals surface area (Å²) in [5.74, 6) is 0. The highest BCUT2D eigenvalue weighted by atomic mass is 79.9. The first kappa shape index (κ1) is 9.49. The van der Waals surface area contributed by atoms with Crippen molar-refractivity contribution in [2.75, 3.05) is 25.7 Å². The summed E-state index contributed by atoms with van der Waals surface area (Å²) < 4.78 is 10.7. The SMILES string of the molecule is COCC1(CBr)CCOC1C. The second-order valence-corrected chi connectivity index (χ2v) is 3.75. The molecule has 1 aliphatic rings. The standard InChI is InChI=1S/C8H15BrO2/c1-7-8(5-9,6-10-2)3-4-11-7/h7H,3-6H2,1-2H3. The Morgan fingerprint density at radius 3 is 2.82 bits per heavy atom. The summed E-state index contributed by atoms with van der Waals surface area (Å²) in [6.07, 6.45) is 1.43. The maximum atomic E-state index is 5.50. The van der Waals surface area contributed by atoms with Crippen molar-refractivity contribution >= 4 is 15.9 Å². The predicted octanol–water partition coefficient (Wildman–Crippen LogP) is 1.82. The molecule has 2 atom stereocenters. The predicted molar refractivity (Wildman–Crippen MR) is 48.1 cm³/mol. The molecule has 0 aromatic heterocycles. The molecule has 0 aliphatic carbocycles. The van der Waals surface area contributed by atoms with E-state index in [4.69, 9.17) is 9.47 Å². The maximum absolute atomic E-state index is 5.50. The van der Waals surface area contributed by atoms with Gasteiger partial charge in [0, 0.05) is 24.5 Å². The molecule has 0 spiro atoms. The zero-order chi connectivity index (χ0) is 8.32. The summed E-state index contributed by atoms with van der Waals surface area (Å²) >= 11 is 3.51. The fourth-order valence-electron chi connectivity index (χ4n) is 1.51. The van der Waals surface area contributed by atoms with Crippen LogP contribution in [-0.2, 0) is 9.47 Å². The number of hydrogen-bond acceptors (Lipinski definition) is 2. The second-order valence-electron chi connectivity index (χ2n) is 3.19. The van der Waals surface area contributed by atoms with Gasteiger partial charge in [-0.15, -0.1) is 0 Å². The molecule has 0 amide bonds. The molecule has 1 aliphatic heterocycles. The molecule has 0 radical (unpaired) electrons. The van der Waals surface area contributed by atoms with E-state index in [1.54, 1.807) is 7.11 Å². The fraction of sp³-hybridized carbons (Fsp3) is 1.00. The van der Waals surface area contributed by atoms with Crippen LogP contribution in [0.5, 0.6) is 0 Å². The van der Waals surface area contributed by atoms with Crippen molar-refractivity contribution in [2.45, 2.75) is 19.4 Å². The molecule has 0 aromatic carbocycles. The lowest BCUT2D eigenvalue weighted by Gasteiger charge is -2.28. The molecule has 3 heteroatoms. The molecule has 2 unspecified atom stereocenters. The molecule has 0 saturated carbocycles. The van der Waals surface area contributed by atoms with Gasteiger partial charge in [0.05, 0.1) is 12.7 Å². The summed E-state index contributed by atoms with van der Waals surface area (Å²) in [5, 5.41) is 0.967. The van der Waals surface area contributed by atoms with E-state index in [1.165, 1.54) is 0 Å². The first-order valence-electron chi connectivity index (χ1n) is 3.92. The van der Waals surface area contributed by atoms with E-state index >= 15 is 0 Å². The number of hydrogen-bond donors (Lipinski definition) is 0. The lowest BCUT2D eigenvalue weighted by molar-refractivity contribution is 0.0247. The Bertz CT molecular complexity index is 129. The van der Waals surface area contributed by atoms with Crippen LogP contribution < -0.4 is 0 Å². The number of halogens is 1. The van der Waals surface area contributed by atoms with Crippen LogP contribution in [0.1, 0.15) is 13.3 Å². The van der Waals surface area contributed by atoms with E-state index < -0.39 is 0 Å².